The smallest absolute Gasteiger partial charge is 0.0152 e. The zero-order chi connectivity index (χ0) is 15.7. The first-order valence-electron chi connectivity index (χ1n) is 8.35. The Morgan fingerprint density at radius 1 is 0.870 bits per heavy atom. The lowest BCUT2D eigenvalue weighted by Gasteiger charge is -2.39. The second-order valence-corrected chi connectivity index (χ2v) is 7.30. The topological polar surface area (TPSA) is 3.24 Å². The molecule has 0 amide bonds. The minimum Gasteiger partial charge on any atom is -0.309 e. The molecule has 3 rings (SSSR count). The molecule has 0 N–H and O–H groups in total. The van der Waals surface area contributed by atoms with E-state index in [0.717, 1.165) is 6.54 Å². The van der Waals surface area contributed by atoms with Crippen LogP contribution in [-0.2, 0) is 5.41 Å². The lowest BCUT2D eigenvalue weighted by Crippen LogP contribution is -2.29. The summed E-state index contributed by atoms with van der Waals surface area (Å²) in [5, 5.41) is 0. The normalized spacial score (nSPS) is 15.7. The Hall–Kier alpha value is -1.31. The predicted octanol–water partition coefficient (Wildman–Crippen LogP) is 5.22. The maximum absolute atomic E-state index is 2.36. The first-order chi connectivity index (χ1) is 10.5. The minimum absolute atomic E-state index is 0. The average molecular weight is 330 g/mol. The van der Waals surface area contributed by atoms with Crippen molar-refractivity contribution in [1.29, 1.82) is 0 Å². The molecule has 0 bridgehead atoms. The number of nitrogens with zero attached hydrogens (tertiary/aromatic N) is 1. The molecular formula is C21H28ClN. The van der Waals surface area contributed by atoms with Crippen LogP contribution in [0.25, 0.3) is 0 Å². The van der Waals surface area contributed by atoms with Crippen molar-refractivity contribution in [3.05, 3.63) is 70.8 Å². The second-order valence-electron chi connectivity index (χ2n) is 7.30. The van der Waals surface area contributed by atoms with Gasteiger partial charge in [0.05, 0.1) is 0 Å². The summed E-state index contributed by atoms with van der Waals surface area (Å²) < 4.78 is 0. The molecule has 1 nitrogen and oxygen atoms in total. The van der Waals surface area contributed by atoms with Crippen molar-refractivity contribution in [3.8, 4) is 0 Å². The van der Waals surface area contributed by atoms with Crippen molar-refractivity contribution in [2.45, 2.75) is 38.0 Å². The van der Waals surface area contributed by atoms with E-state index < -0.39 is 0 Å². The lowest BCUT2D eigenvalue weighted by molar-refractivity contribution is 0.387. The van der Waals surface area contributed by atoms with Crippen LogP contribution in [0.2, 0.25) is 0 Å². The van der Waals surface area contributed by atoms with E-state index in [9.17, 15) is 0 Å². The average Bonchev–Trinajstić information content (AvgIpc) is 2.51. The summed E-state index contributed by atoms with van der Waals surface area (Å²) in [4.78, 5) is 2.28. The third-order valence-electron chi connectivity index (χ3n) is 5.12. The summed E-state index contributed by atoms with van der Waals surface area (Å²) in [7, 11) is 4.32. The van der Waals surface area contributed by atoms with Gasteiger partial charge in [-0.3, -0.25) is 0 Å². The summed E-state index contributed by atoms with van der Waals surface area (Å²) in [5.74, 6) is 0.542. The van der Waals surface area contributed by atoms with Crippen LogP contribution in [0.1, 0.15) is 54.9 Å². The third kappa shape index (κ3) is 3.32. The van der Waals surface area contributed by atoms with Crippen molar-refractivity contribution in [2.75, 3.05) is 20.6 Å². The molecule has 124 valence electrons. The van der Waals surface area contributed by atoms with Crippen molar-refractivity contribution in [1.82, 2.24) is 4.90 Å². The molecule has 1 aliphatic carbocycles. The molecule has 0 aromatic heterocycles. The van der Waals surface area contributed by atoms with Gasteiger partial charge < -0.3 is 4.90 Å². The second kappa shape index (κ2) is 7.07. The molecule has 0 aliphatic heterocycles. The lowest BCUT2D eigenvalue weighted by atomic mass is 9.64. The number of hydrogen-bond donors (Lipinski definition) is 0. The molecule has 0 radical (unpaired) electrons. The van der Waals surface area contributed by atoms with Gasteiger partial charge in [0.25, 0.3) is 0 Å². The number of fused-ring (bicyclic) bond motifs is 2. The van der Waals surface area contributed by atoms with Crippen LogP contribution in [0, 0.1) is 0 Å². The summed E-state index contributed by atoms with van der Waals surface area (Å²) in [6.45, 7) is 5.88. The first-order valence-corrected chi connectivity index (χ1v) is 8.35. The van der Waals surface area contributed by atoms with Gasteiger partial charge in [-0.15, -0.1) is 12.4 Å². The Morgan fingerprint density at radius 3 is 1.83 bits per heavy atom. The third-order valence-corrected chi connectivity index (χ3v) is 5.12. The quantitative estimate of drug-likeness (QED) is 0.743. The maximum atomic E-state index is 2.36. The van der Waals surface area contributed by atoms with Gasteiger partial charge in [0.15, 0.2) is 0 Å². The Labute approximate surface area is 147 Å². The van der Waals surface area contributed by atoms with E-state index in [1.54, 1.807) is 0 Å². The molecule has 0 fully saturated rings. The van der Waals surface area contributed by atoms with Crippen LogP contribution in [0.3, 0.4) is 0 Å². The standard InChI is InChI=1S/C21H27N.ClH/c1-21(2)19-13-7-5-10-17(19)16(12-9-15-22(3)4)18-11-6-8-14-20(18)21;/h5-8,10-11,13-14,16H,9,12,15H2,1-4H3;1H. The van der Waals surface area contributed by atoms with E-state index >= 15 is 0 Å². The number of benzene rings is 2. The fourth-order valence-corrected chi connectivity index (χ4v) is 3.98. The summed E-state index contributed by atoms with van der Waals surface area (Å²) in [5.41, 5.74) is 6.17. The van der Waals surface area contributed by atoms with Crippen LogP contribution in [-0.4, -0.2) is 25.5 Å². The fraction of sp³-hybridized carbons (Fsp3) is 0.429. The molecule has 2 aromatic rings. The number of rotatable bonds is 4. The van der Waals surface area contributed by atoms with Crippen molar-refractivity contribution < 1.29 is 0 Å². The molecular weight excluding hydrogens is 302 g/mol. The Bertz CT molecular complexity index is 611. The molecule has 1 aliphatic rings. The molecule has 0 heterocycles. The molecule has 2 aromatic carbocycles. The van der Waals surface area contributed by atoms with E-state index in [1.807, 2.05) is 0 Å². The number of hydrogen-bond acceptors (Lipinski definition) is 1. The highest BCUT2D eigenvalue weighted by Gasteiger charge is 2.36. The van der Waals surface area contributed by atoms with Gasteiger partial charge in [0.2, 0.25) is 0 Å². The Morgan fingerprint density at radius 2 is 1.35 bits per heavy atom. The van der Waals surface area contributed by atoms with Gasteiger partial charge in [-0.2, -0.15) is 0 Å². The van der Waals surface area contributed by atoms with Crippen LogP contribution < -0.4 is 0 Å². The highest BCUT2D eigenvalue weighted by Crippen LogP contribution is 2.47. The van der Waals surface area contributed by atoms with E-state index in [-0.39, 0.29) is 17.8 Å². The van der Waals surface area contributed by atoms with Crippen LogP contribution in [0.5, 0.6) is 0 Å². The SMILES string of the molecule is CN(C)CCCC1c2ccccc2C(C)(C)c2ccccc21.Cl. The largest absolute Gasteiger partial charge is 0.309 e. The van der Waals surface area contributed by atoms with Crippen molar-refractivity contribution in [3.63, 3.8) is 0 Å². The van der Waals surface area contributed by atoms with Gasteiger partial charge in [-0.05, 0) is 55.7 Å². The molecule has 0 saturated heterocycles. The molecule has 0 atom stereocenters. The van der Waals surface area contributed by atoms with Crippen LogP contribution >= 0.6 is 12.4 Å². The number of halogens is 1. The zero-order valence-corrected chi connectivity index (χ0v) is 15.5. The van der Waals surface area contributed by atoms with Gasteiger partial charge in [0, 0.05) is 11.3 Å². The van der Waals surface area contributed by atoms with E-state index in [4.69, 9.17) is 0 Å². The van der Waals surface area contributed by atoms with Gasteiger partial charge in [-0.1, -0.05) is 62.4 Å². The van der Waals surface area contributed by atoms with E-state index in [0.29, 0.717) is 5.92 Å². The summed E-state index contributed by atoms with van der Waals surface area (Å²) >= 11 is 0. The zero-order valence-electron chi connectivity index (χ0n) is 14.7. The maximum Gasteiger partial charge on any atom is 0.0152 e. The minimum atomic E-state index is 0. The molecule has 0 unspecified atom stereocenters. The molecule has 2 heteroatoms. The van der Waals surface area contributed by atoms with Gasteiger partial charge >= 0.3 is 0 Å². The van der Waals surface area contributed by atoms with Crippen LogP contribution in [0.4, 0.5) is 0 Å². The molecule has 23 heavy (non-hydrogen) atoms. The monoisotopic (exact) mass is 329 g/mol. The first kappa shape index (κ1) is 18.0. The summed E-state index contributed by atoms with van der Waals surface area (Å²) in [6.07, 6.45) is 2.46. The van der Waals surface area contributed by atoms with E-state index in [2.05, 4.69) is 81.4 Å². The van der Waals surface area contributed by atoms with Gasteiger partial charge in [-0.25, -0.2) is 0 Å². The fourth-order valence-electron chi connectivity index (χ4n) is 3.98. The highest BCUT2D eigenvalue weighted by atomic mass is 35.5. The Balaban J connectivity index is 0.00000192. The molecule has 0 saturated carbocycles. The molecule has 0 spiro atoms. The van der Waals surface area contributed by atoms with Crippen LogP contribution in [0.15, 0.2) is 48.5 Å². The predicted molar refractivity (Wildman–Crippen MR) is 102 cm³/mol. The van der Waals surface area contributed by atoms with Crippen molar-refractivity contribution >= 4 is 12.4 Å². The van der Waals surface area contributed by atoms with Crippen molar-refractivity contribution in [2.24, 2.45) is 0 Å². The van der Waals surface area contributed by atoms with E-state index in [1.165, 1.54) is 35.1 Å². The highest BCUT2D eigenvalue weighted by molar-refractivity contribution is 5.85. The summed E-state index contributed by atoms with van der Waals surface area (Å²) in [6, 6.07) is 18.1. The Kier molecular flexibility index (Phi) is 5.54. The van der Waals surface area contributed by atoms with Gasteiger partial charge in [0.1, 0.15) is 0 Å².